The fourth-order valence-electron chi connectivity index (χ4n) is 4.84. The quantitative estimate of drug-likeness (QED) is 0.535. The summed E-state index contributed by atoms with van der Waals surface area (Å²) >= 11 is 0. The van der Waals surface area contributed by atoms with Crippen LogP contribution in [0.1, 0.15) is 56.6 Å². The van der Waals surface area contributed by atoms with Crippen LogP contribution in [0.2, 0.25) is 0 Å². The minimum Gasteiger partial charge on any atom is -0.345 e. The third-order valence-electron chi connectivity index (χ3n) is 6.42. The summed E-state index contributed by atoms with van der Waals surface area (Å²) in [6.45, 7) is 0.983. The summed E-state index contributed by atoms with van der Waals surface area (Å²) < 4.78 is 14.3. The number of fused-ring (bicyclic) bond motifs is 1. The van der Waals surface area contributed by atoms with Crippen molar-refractivity contribution in [1.82, 2.24) is 21.1 Å². The van der Waals surface area contributed by atoms with Crippen LogP contribution in [0.5, 0.6) is 0 Å². The molecule has 0 aromatic heterocycles. The molecule has 28 heavy (non-hydrogen) atoms. The van der Waals surface area contributed by atoms with Gasteiger partial charge in [-0.25, -0.2) is 9.82 Å². The number of hydrazine groups is 1. The van der Waals surface area contributed by atoms with Gasteiger partial charge in [0.05, 0.1) is 6.04 Å². The van der Waals surface area contributed by atoms with E-state index in [2.05, 4.69) is 16.2 Å². The monoisotopic (exact) mass is 388 g/mol. The van der Waals surface area contributed by atoms with E-state index in [0.29, 0.717) is 18.7 Å². The first kappa shape index (κ1) is 19.3. The van der Waals surface area contributed by atoms with Crippen LogP contribution in [0.3, 0.4) is 0 Å². The van der Waals surface area contributed by atoms with Crippen LogP contribution in [-0.4, -0.2) is 41.9 Å². The van der Waals surface area contributed by atoms with E-state index in [0.717, 1.165) is 32.1 Å². The van der Waals surface area contributed by atoms with Crippen molar-refractivity contribution in [1.29, 1.82) is 0 Å². The number of benzene rings is 1. The van der Waals surface area contributed by atoms with Crippen molar-refractivity contribution in [3.63, 3.8) is 0 Å². The molecule has 3 fully saturated rings. The minimum absolute atomic E-state index is 0.0280. The van der Waals surface area contributed by atoms with Gasteiger partial charge in [0.15, 0.2) is 0 Å². The second kappa shape index (κ2) is 8.57. The number of amides is 2. The maximum absolute atomic E-state index is 14.3. The van der Waals surface area contributed by atoms with E-state index in [1.807, 2.05) is 6.07 Å². The molecule has 3 atom stereocenters. The van der Waals surface area contributed by atoms with Crippen LogP contribution in [-0.2, 0) is 9.59 Å². The standard InChI is InChI=1S/C21H29FN4O2/c22-17-10-6-5-9-15(17)19-16-13-26(12-11-18(16)24-25-19)21(28)20(27)23-14-7-3-1-2-4-8-14/h5-6,9-10,14,16,18-19,24-25H,1-4,7-8,11-13H2,(H,23,27). The number of hydrogen-bond acceptors (Lipinski definition) is 4. The molecule has 4 rings (SSSR count). The molecule has 0 radical (unpaired) electrons. The molecule has 2 saturated heterocycles. The van der Waals surface area contributed by atoms with Gasteiger partial charge in [-0.2, -0.15) is 0 Å². The third-order valence-corrected chi connectivity index (χ3v) is 6.42. The van der Waals surface area contributed by atoms with E-state index in [-0.39, 0.29) is 29.9 Å². The Morgan fingerprint density at radius 2 is 1.79 bits per heavy atom. The van der Waals surface area contributed by atoms with E-state index in [9.17, 15) is 14.0 Å². The number of nitrogens with one attached hydrogen (secondary N) is 3. The smallest absolute Gasteiger partial charge is 0.311 e. The van der Waals surface area contributed by atoms with Gasteiger partial charge >= 0.3 is 11.8 Å². The molecule has 6 nitrogen and oxygen atoms in total. The number of likely N-dealkylation sites (tertiary alicyclic amines) is 1. The van der Waals surface area contributed by atoms with Gasteiger partial charge in [-0.3, -0.25) is 15.0 Å². The summed E-state index contributed by atoms with van der Waals surface area (Å²) in [5, 5.41) is 2.95. The topological polar surface area (TPSA) is 73.5 Å². The average Bonchev–Trinajstić information content (AvgIpc) is 2.95. The molecule has 3 N–H and O–H groups in total. The van der Waals surface area contributed by atoms with E-state index in [1.54, 1.807) is 17.0 Å². The highest BCUT2D eigenvalue weighted by molar-refractivity contribution is 6.35. The van der Waals surface area contributed by atoms with Gasteiger partial charge in [0, 0.05) is 36.7 Å². The first-order valence-corrected chi connectivity index (χ1v) is 10.5. The van der Waals surface area contributed by atoms with Gasteiger partial charge in [0.25, 0.3) is 0 Å². The lowest BCUT2D eigenvalue weighted by atomic mass is 9.85. The van der Waals surface area contributed by atoms with Crippen molar-refractivity contribution < 1.29 is 14.0 Å². The zero-order chi connectivity index (χ0) is 19.5. The Bertz CT molecular complexity index is 720. The highest BCUT2D eigenvalue weighted by atomic mass is 19.1. The van der Waals surface area contributed by atoms with E-state index >= 15 is 0 Å². The third kappa shape index (κ3) is 4.05. The van der Waals surface area contributed by atoms with Gasteiger partial charge in [-0.1, -0.05) is 43.9 Å². The van der Waals surface area contributed by atoms with Crippen LogP contribution >= 0.6 is 0 Å². The van der Waals surface area contributed by atoms with Gasteiger partial charge in [0.2, 0.25) is 0 Å². The summed E-state index contributed by atoms with van der Waals surface area (Å²) in [6.07, 6.45) is 7.26. The van der Waals surface area contributed by atoms with Crippen molar-refractivity contribution >= 4 is 11.8 Å². The number of nitrogens with zero attached hydrogens (tertiary/aromatic N) is 1. The fourth-order valence-corrected chi connectivity index (χ4v) is 4.84. The van der Waals surface area contributed by atoms with Crippen LogP contribution in [0.15, 0.2) is 24.3 Å². The molecule has 0 spiro atoms. The highest BCUT2D eigenvalue weighted by Gasteiger charge is 2.43. The van der Waals surface area contributed by atoms with Gasteiger partial charge in [-0.05, 0) is 25.3 Å². The fraction of sp³-hybridized carbons (Fsp3) is 0.619. The maximum atomic E-state index is 14.3. The lowest BCUT2D eigenvalue weighted by molar-refractivity contribution is -0.147. The van der Waals surface area contributed by atoms with E-state index in [1.165, 1.54) is 18.9 Å². The van der Waals surface area contributed by atoms with E-state index in [4.69, 9.17) is 0 Å². The highest BCUT2D eigenvalue weighted by Crippen LogP contribution is 2.34. The van der Waals surface area contributed by atoms with Crippen LogP contribution < -0.4 is 16.2 Å². The molecule has 1 aromatic rings. The first-order chi connectivity index (χ1) is 13.6. The molecule has 3 aliphatic rings. The number of halogens is 1. The molecule has 2 aliphatic heterocycles. The van der Waals surface area contributed by atoms with Crippen molar-refractivity contribution in [3.8, 4) is 0 Å². The Morgan fingerprint density at radius 1 is 1.04 bits per heavy atom. The molecule has 1 aliphatic carbocycles. The Labute approximate surface area is 165 Å². The second-order valence-electron chi connectivity index (χ2n) is 8.26. The zero-order valence-electron chi connectivity index (χ0n) is 16.1. The molecular weight excluding hydrogens is 359 g/mol. The van der Waals surface area contributed by atoms with Crippen LogP contribution in [0.4, 0.5) is 4.39 Å². The van der Waals surface area contributed by atoms with Gasteiger partial charge < -0.3 is 10.2 Å². The first-order valence-electron chi connectivity index (χ1n) is 10.5. The molecule has 1 saturated carbocycles. The van der Waals surface area contributed by atoms with E-state index < -0.39 is 11.8 Å². The molecule has 1 aromatic carbocycles. The second-order valence-corrected chi connectivity index (χ2v) is 8.26. The van der Waals surface area contributed by atoms with Crippen molar-refractivity contribution in [2.45, 2.75) is 63.1 Å². The van der Waals surface area contributed by atoms with Crippen LogP contribution in [0.25, 0.3) is 0 Å². The predicted molar refractivity (Wildman–Crippen MR) is 104 cm³/mol. The number of hydrogen-bond donors (Lipinski definition) is 3. The number of rotatable bonds is 2. The molecule has 2 amide bonds. The molecule has 2 heterocycles. The number of piperidine rings is 1. The van der Waals surface area contributed by atoms with Gasteiger partial charge in [0.1, 0.15) is 5.82 Å². The Morgan fingerprint density at radius 3 is 2.54 bits per heavy atom. The largest absolute Gasteiger partial charge is 0.345 e. The minimum atomic E-state index is -0.494. The summed E-state index contributed by atoms with van der Waals surface area (Å²) in [4.78, 5) is 26.9. The van der Waals surface area contributed by atoms with Crippen LogP contribution in [0, 0.1) is 11.7 Å². The molecule has 0 bridgehead atoms. The number of carbonyl (C=O) groups excluding carboxylic acids is 2. The maximum Gasteiger partial charge on any atom is 0.311 e. The summed E-state index contributed by atoms with van der Waals surface area (Å²) in [5.41, 5.74) is 7.03. The number of carbonyl (C=O) groups is 2. The molecule has 7 heteroatoms. The summed E-state index contributed by atoms with van der Waals surface area (Å²) in [7, 11) is 0. The molecular formula is C21H29FN4O2. The summed E-state index contributed by atoms with van der Waals surface area (Å²) in [6, 6.07) is 6.78. The normalized spacial score (nSPS) is 28.5. The zero-order valence-corrected chi connectivity index (χ0v) is 16.1. The SMILES string of the molecule is O=C(NC1CCCCCC1)C(=O)N1CCC2NNC(c3ccccc3F)C2C1. The predicted octanol–water partition coefficient (Wildman–Crippen LogP) is 2.03. The lowest BCUT2D eigenvalue weighted by Gasteiger charge is -2.36. The average molecular weight is 388 g/mol. The molecule has 152 valence electrons. The lowest BCUT2D eigenvalue weighted by Crippen LogP contribution is -2.53. The Kier molecular flexibility index (Phi) is 5.92. The summed E-state index contributed by atoms with van der Waals surface area (Å²) in [5.74, 6) is -1.18. The molecule has 3 unspecified atom stereocenters. The van der Waals surface area contributed by atoms with Crippen molar-refractivity contribution in [3.05, 3.63) is 35.6 Å². The Hall–Kier alpha value is -1.99. The van der Waals surface area contributed by atoms with Gasteiger partial charge in [-0.15, -0.1) is 0 Å². The Balaban J connectivity index is 1.40. The van der Waals surface area contributed by atoms with Crippen molar-refractivity contribution in [2.75, 3.05) is 13.1 Å². The van der Waals surface area contributed by atoms with Crippen molar-refractivity contribution in [2.24, 2.45) is 5.92 Å².